The van der Waals surface area contributed by atoms with Gasteiger partial charge in [-0.25, -0.2) is 0 Å². The minimum atomic E-state index is -0.197. The van der Waals surface area contributed by atoms with E-state index in [2.05, 4.69) is 26.1 Å². The molecule has 3 N–H and O–H groups in total. The quantitative estimate of drug-likeness (QED) is 0.844. The van der Waals surface area contributed by atoms with Crippen molar-refractivity contribution in [1.29, 1.82) is 0 Å². The maximum absolute atomic E-state index is 12.0. The number of benzene rings is 1. The van der Waals surface area contributed by atoms with Gasteiger partial charge in [0, 0.05) is 11.1 Å². The molecule has 0 saturated heterocycles. The molecule has 0 bridgehead atoms. The van der Waals surface area contributed by atoms with Crippen molar-refractivity contribution in [2.45, 2.75) is 32.7 Å². The zero-order valence-corrected chi connectivity index (χ0v) is 12.1. The number of furan rings is 1. The molecular weight excluding hydrogens is 252 g/mol. The van der Waals surface area contributed by atoms with Gasteiger partial charge in [0.1, 0.15) is 11.5 Å². The number of carbonyl (C=O) groups is 1. The van der Waals surface area contributed by atoms with Crippen molar-refractivity contribution in [3.05, 3.63) is 53.5 Å². The van der Waals surface area contributed by atoms with Gasteiger partial charge < -0.3 is 15.5 Å². The highest BCUT2D eigenvalue weighted by Crippen LogP contribution is 2.24. The van der Waals surface area contributed by atoms with Gasteiger partial charge >= 0.3 is 0 Å². The number of nitrogens with two attached hydrogens (primary N) is 1. The van der Waals surface area contributed by atoms with Crippen LogP contribution in [-0.4, -0.2) is 5.91 Å². The number of rotatable bonds is 3. The van der Waals surface area contributed by atoms with Crippen LogP contribution in [0.15, 0.2) is 40.8 Å². The second-order valence-corrected chi connectivity index (χ2v) is 5.79. The van der Waals surface area contributed by atoms with Crippen molar-refractivity contribution in [3.8, 4) is 0 Å². The summed E-state index contributed by atoms with van der Waals surface area (Å²) < 4.78 is 5.72. The van der Waals surface area contributed by atoms with Crippen LogP contribution in [0.25, 0.3) is 0 Å². The maximum atomic E-state index is 12.0. The predicted octanol–water partition coefficient (Wildman–Crippen LogP) is 3.09. The number of nitrogens with one attached hydrogen (secondary N) is 1. The molecule has 0 atom stereocenters. The lowest BCUT2D eigenvalue weighted by Crippen LogP contribution is -2.23. The van der Waals surface area contributed by atoms with Crippen LogP contribution in [-0.2, 0) is 12.0 Å². The van der Waals surface area contributed by atoms with Crippen LogP contribution in [0.1, 0.15) is 42.6 Å². The van der Waals surface area contributed by atoms with Crippen LogP contribution < -0.4 is 11.1 Å². The van der Waals surface area contributed by atoms with E-state index in [9.17, 15) is 4.79 Å². The third-order valence-corrected chi connectivity index (χ3v) is 3.03. The van der Waals surface area contributed by atoms with Crippen molar-refractivity contribution >= 4 is 11.6 Å². The molecule has 106 valence electrons. The Labute approximate surface area is 119 Å². The summed E-state index contributed by atoms with van der Waals surface area (Å²) >= 11 is 0. The van der Waals surface area contributed by atoms with Crippen LogP contribution in [0.4, 0.5) is 5.69 Å². The Morgan fingerprint density at radius 1 is 1.20 bits per heavy atom. The molecule has 0 aliphatic carbocycles. The summed E-state index contributed by atoms with van der Waals surface area (Å²) in [5.74, 6) is 1.44. The number of para-hydroxylation sites is 1. The second kappa shape index (κ2) is 5.41. The number of carbonyl (C=O) groups excluding carboxylic acids is 1. The molecule has 0 radical (unpaired) electrons. The Morgan fingerprint density at radius 3 is 2.50 bits per heavy atom. The van der Waals surface area contributed by atoms with Crippen molar-refractivity contribution in [2.24, 2.45) is 0 Å². The lowest BCUT2D eigenvalue weighted by molar-refractivity contribution is 0.0948. The van der Waals surface area contributed by atoms with Crippen LogP contribution in [0.2, 0.25) is 0 Å². The monoisotopic (exact) mass is 272 g/mol. The zero-order valence-electron chi connectivity index (χ0n) is 12.1. The summed E-state index contributed by atoms with van der Waals surface area (Å²) in [5.41, 5.74) is 6.69. The smallest absolute Gasteiger partial charge is 0.253 e. The van der Waals surface area contributed by atoms with Crippen molar-refractivity contribution in [2.75, 3.05) is 5.73 Å². The van der Waals surface area contributed by atoms with Crippen LogP contribution in [0.3, 0.4) is 0 Å². The minimum absolute atomic E-state index is 0.0356. The van der Waals surface area contributed by atoms with Gasteiger partial charge in [-0.1, -0.05) is 32.9 Å². The van der Waals surface area contributed by atoms with Gasteiger partial charge in [-0.3, -0.25) is 4.79 Å². The molecule has 1 heterocycles. The highest BCUT2D eigenvalue weighted by Gasteiger charge is 2.18. The first-order valence-electron chi connectivity index (χ1n) is 6.60. The number of amides is 1. The van der Waals surface area contributed by atoms with Crippen molar-refractivity contribution in [3.63, 3.8) is 0 Å². The number of hydrogen-bond donors (Lipinski definition) is 2. The summed E-state index contributed by atoms with van der Waals surface area (Å²) in [4.78, 5) is 12.0. The molecule has 0 aliphatic rings. The fourth-order valence-electron chi connectivity index (χ4n) is 1.84. The molecule has 0 unspecified atom stereocenters. The summed E-state index contributed by atoms with van der Waals surface area (Å²) in [6.07, 6.45) is 0. The highest BCUT2D eigenvalue weighted by molar-refractivity contribution is 5.98. The maximum Gasteiger partial charge on any atom is 0.253 e. The summed E-state index contributed by atoms with van der Waals surface area (Å²) in [6, 6.07) is 10.8. The van der Waals surface area contributed by atoms with Crippen LogP contribution in [0.5, 0.6) is 0 Å². The van der Waals surface area contributed by atoms with Crippen molar-refractivity contribution in [1.82, 2.24) is 5.32 Å². The molecule has 1 aromatic heterocycles. The number of anilines is 1. The SMILES string of the molecule is CC(C)(C)c1ccc(CNC(=O)c2ccccc2N)o1. The Morgan fingerprint density at radius 2 is 1.90 bits per heavy atom. The lowest BCUT2D eigenvalue weighted by Gasteiger charge is -2.14. The standard InChI is InChI=1S/C16H20N2O2/c1-16(2,3)14-9-8-11(20-14)10-18-15(19)12-6-4-5-7-13(12)17/h4-9H,10,17H2,1-3H3,(H,18,19). The Bertz CT molecular complexity index is 609. The van der Waals surface area contributed by atoms with E-state index >= 15 is 0 Å². The Hall–Kier alpha value is -2.23. The summed E-state index contributed by atoms with van der Waals surface area (Å²) in [7, 11) is 0. The largest absolute Gasteiger partial charge is 0.464 e. The molecule has 0 fully saturated rings. The van der Waals surface area contributed by atoms with Crippen LogP contribution >= 0.6 is 0 Å². The van der Waals surface area contributed by atoms with E-state index in [4.69, 9.17) is 10.2 Å². The normalized spacial score (nSPS) is 11.3. The fourth-order valence-corrected chi connectivity index (χ4v) is 1.84. The van der Waals surface area contributed by atoms with E-state index in [1.807, 2.05) is 12.1 Å². The topological polar surface area (TPSA) is 68.3 Å². The summed E-state index contributed by atoms with van der Waals surface area (Å²) in [6.45, 7) is 6.60. The van der Waals surface area contributed by atoms with Gasteiger partial charge in [-0.05, 0) is 24.3 Å². The molecule has 2 rings (SSSR count). The Kier molecular flexibility index (Phi) is 3.84. The molecule has 1 amide bonds. The third kappa shape index (κ3) is 3.20. The van der Waals surface area contributed by atoms with E-state index in [-0.39, 0.29) is 11.3 Å². The van der Waals surface area contributed by atoms with Gasteiger partial charge in [0.25, 0.3) is 5.91 Å². The molecule has 20 heavy (non-hydrogen) atoms. The van der Waals surface area contributed by atoms with E-state index in [0.29, 0.717) is 17.8 Å². The number of hydrogen-bond acceptors (Lipinski definition) is 3. The number of nitrogen functional groups attached to an aromatic ring is 1. The van der Waals surface area contributed by atoms with E-state index in [1.54, 1.807) is 24.3 Å². The molecule has 4 heteroatoms. The van der Waals surface area contributed by atoms with Crippen LogP contribution in [0, 0.1) is 0 Å². The van der Waals surface area contributed by atoms with Gasteiger partial charge in [0.05, 0.1) is 12.1 Å². The molecular formula is C16H20N2O2. The molecule has 4 nitrogen and oxygen atoms in total. The Balaban J connectivity index is 2.01. The van der Waals surface area contributed by atoms with Crippen molar-refractivity contribution < 1.29 is 9.21 Å². The third-order valence-electron chi connectivity index (χ3n) is 3.03. The molecule has 0 spiro atoms. The minimum Gasteiger partial charge on any atom is -0.464 e. The van der Waals surface area contributed by atoms with Gasteiger partial charge in [-0.15, -0.1) is 0 Å². The summed E-state index contributed by atoms with van der Waals surface area (Å²) in [5, 5.41) is 2.81. The zero-order chi connectivity index (χ0) is 14.8. The second-order valence-electron chi connectivity index (χ2n) is 5.79. The average molecular weight is 272 g/mol. The molecule has 1 aromatic carbocycles. The first kappa shape index (κ1) is 14.2. The van der Waals surface area contributed by atoms with E-state index in [1.165, 1.54) is 0 Å². The first-order chi connectivity index (χ1) is 9.38. The van der Waals surface area contributed by atoms with Gasteiger partial charge in [0.2, 0.25) is 0 Å². The van der Waals surface area contributed by atoms with E-state index in [0.717, 1.165) is 11.5 Å². The molecule has 2 aromatic rings. The van der Waals surface area contributed by atoms with Gasteiger partial charge in [0.15, 0.2) is 0 Å². The average Bonchev–Trinajstić information content (AvgIpc) is 2.85. The van der Waals surface area contributed by atoms with Gasteiger partial charge in [-0.2, -0.15) is 0 Å². The fraction of sp³-hybridized carbons (Fsp3) is 0.312. The lowest BCUT2D eigenvalue weighted by atomic mass is 9.94. The predicted molar refractivity (Wildman–Crippen MR) is 79.4 cm³/mol. The van der Waals surface area contributed by atoms with E-state index < -0.39 is 0 Å². The first-order valence-corrected chi connectivity index (χ1v) is 6.60. The molecule has 0 aliphatic heterocycles. The molecule has 0 saturated carbocycles. The highest BCUT2D eigenvalue weighted by atomic mass is 16.3.